The summed E-state index contributed by atoms with van der Waals surface area (Å²) in [5.41, 5.74) is 3.18. The fourth-order valence-corrected chi connectivity index (χ4v) is 1.03. The molecule has 0 spiro atoms. The lowest BCUT2D eigenvalue weighted by Gasteiger charge is -2.12. The van der Waals surface area contributed by atoms with Crippen LogP contribution in [0.5, 0.6) is 0 Å². The zero-order chi connectivity index (χ0) is 6.53. The van der Waals surface area contributed by atoms with Crippen molar-refractivity contribution in [3.63, 3.8) is 0 Å². The number of allylic oxidation sites excluding steroid dienone is 1. The van der Waals surface area contributed by atoms with E-state index in [-0.39, 0.29) is 0 Å². The van der Waals surface area contributed by atoms with E-state index in [1.165, 1.54) is 25.9 Å². The van der Waals surface area contributed by atoms with Crippen LogP contribution in [0.25, 0.3) is 0 Å². The van der Waals surface area contributed by atoms with Crippen molar-refractivity contribution in [2.24, 2.45) is 0 Å². The number of hydrazine groups is 1. The second kappa shape index (κ2) is 3.51. The van der Waals surface area contributed by atoms with E-state index in [9.17, 15) is 0 Å². The van der Waals surface area contributed by atoms with Gasteiger partial charge in [-0.25, -0.2) is 5.01 Å². The van der Waals surface area contributed by atoms with Crippen molar-refractivity contribution in [3.05, 3.63) is 12.3 Å². The van der Waals surface area contributed by atoms with Crippen LogP contribution < -0.4 is 5.43 Å². The third-order valence-electron chi connectivity index (χ3n) is 1.53. The molecule has 1 rings (SSSR count). The lowest BCUT2D eigenvalue weighted by atomic mass is 10.4. The molecule has 0 aromatic carbocycles. The Morgan fingerprint density at radius 3 is 2.56 bits per heavy atom. The Hall–Kier alpha value is -0.500. The Bertz CT molecular complexity index is 93.1. The van der Waals surface area contributed by atoms with Gasteiger partial charge in [-0.3, -0.25) is 0 Å². The summed E-state index contributed by atoms with van der Waals surface area (Å²) in [6.45, 7) is 4.41. The van der Waals surface area contributed by atoms with Crippen LogP contribution >= 0.6 is 0 Å². The first-order chi connectivity index (χ1) is 4.43. The molecule has 1 fully saturated rings. The maximum Gasteiger partial charge on any atom is 0.0179 e. The van der Waals surface area contributed by atoms with Crippen LogP contribution in [-0.2, 0) is 0 Å². The van der Waals surface area contributed by atoms with Gasteiger partial charge >= 0.3 is 0 Å². The molecule has 2 nitrogen and oxygen atoms in total. The van der Waals surface area contributed by atoms with Gasteiger partial charge in [-0.05, 0) is 19.8 Å². The number of nitrogens with one attached hydrogen (secondary N) is 1. The minimum atomic E-state index is 1.20. The van der Waals surface area contributed by atoms with Crippen LogP contribution in [0.4, 0.5) is 0 Å². The van der Waals surface area contributed by atoms with Crippen LogP contribution in [0.1, 0.15) is 19.8 Å². The Morgan fingerprint density at radius 1 is 1.33 bits per heavy atom. The van der Waals surface area contributed by atoms with E-state index >= 15 is 0 Å². The molecule has 1 aliphatic heterocycles. The zero-order valence-corrected chi connectivity index (χ0v) is 5.93. The summed E-state index contributed by atoms with van der Waals surface area (Å²) in [6, 6.07) is 0. The monoisotopic (exact) mass is 126 g/mol. The van der Waals surface area contributed by atoms with Crippen molar-refractivity contribution in [2.75, 3.05) is 13.1 Å². The number of hydrogen-bond donors (Lipinski definition) is 1. The highest BCUT2D eigenvalue weighted by Crippen LogP contribution is 2.02. The van der Waals surface area contributed by atoms with Crippen LogP contribution in [0, 0.1) is 0 Å². The zero-order valence-electron chi connectivity index (χ0n) is 5.93. The maximum absolute atomic E-state index is 3.18. The standard InChI is InChI=1S/C7H14N2/c1-2-5-8-9-6-3-4-7-9/h2,5,8H,3-4,6-7H2,1H3. The summed E-state index contributed by atoms with van der Waals surface area (Å²) in [5.74, 6) is 0. The van der Waals surface area contributed by atoms with Crippen molar-refractivity contribution in [1.82, 2.24) is 10.4 Å². The lowest BCUT2D eigenvalue weighted by molar-refractivity contribution is 0.279. The van der Waals surface area contributed by atoms with Gasteiger partial charge in [0.15, 0.2) is 0 Å². The number of rotatable bonds is 2. The highest BCUT2D eigenvalue weighted by Gasteiger charge is 2.07. The van der Waals surface area contributed by atoms with E-state index in [0.29, 0.717) is 0 Å². The van der Waals surface area contributed by atoms with E-state index < -0.39 is 0 Å². The molecule has 0 bridgehead atoms. The highest BCUT2D eigenvalue weighted by molar-refractivity contribution is 4.74. The molecule has 9 heavy (non-hydrogen) atoms. The van der Waals surface area contributed by atoms with Crippen LogP contribution in [0.2, 0.25) is 0 Å². The molecule has 1 saturated heterocycles. The molecule has 1 aliphatic rings. The predicted octanol–water partition coefficient (Wildman–Crippen LogP) is 1.12. The van der Waals surface area contributed by atoms with Crippen LogP contribution in [0.15, 0.2) is 12.3 Å². The first-order valence-electron chi connectivity index (χ1n) is 3.56. The third-order valence-corrected chi connectivity index (χ3v) is 1.53. The van der Waals surface area contributed by atoms with Gasteiger partial charge in [-0.1, -0.05) is 6.08 Å². The molecular formula is C7H14N2. The van der Waals surface area contributed by atoms with Crippen molar-refractivity contribution < 1.29 is 0 Å². The molecule has 0 amide bonds. The highest BCUT2D eigenvalue weighted by atomic mass is 15.5. The minimum Gasteiger partial charge on any atom is -0.326 e. The van der Waals surface area contributed by atoms with Crippen molar-refractivity contribution in [3.8, 4) is 0 Å². The molecule has 1 N–H and O–H groups in total. The van der Waals surface area contributed by atoms with Crippen LogP contribution in [0.3, 0.4) is 0 Å². The Balaban J connectivity index is 2.11. The van der Waals surface area contributed by atoms with Crippen molar-refractivity contribution >= 4 is 0 Å². The molecule has 0 saturated carbocycles. The Morgan fingerprint density at radius 2 is 2.00 bits per heavy atom. The fourth-order valence-electron chi connectivity index (χ4n) is 1.03. The molecule has 0 aromatic heterocycles. The van der Waals surface area contributed by atoms with Gasteiger partial charge < -0.3 is 5.43 Å². The second-order valence-corrected chi connectivity index (χ2v) is 2.32. The molecule has 0 aromatic rings. The molecule has 52 valence electrons. The van der Waals surface area contributed by atoms with Gasteiger partial charge in [-0.2, -0.15) is 0 Å². The normalized spacial score (nSPS) is 21.4. The molecule has 2 heteroatoms. The number of nitrogens with zero attached hydrogens (tertiary/aromatic N) is 1. The molecular weight excluding hydrogens is 112 g/mol. The Labute approximate surface area is 56.5 Å². The van der Waals surface area contributed by atoms with Gasteiger partial charge in [0.05, 0.1) is 0 Å². The number of hydrogen-bond acceptors (Lipinski definition) is 2. The first kappa shape index (κ1) is 6.62. The average molecular weight is 126 g/mol. The summed E-state index contributed by atoms with van der Waals surface area (Å²) < 4.78 is 0. The largest absolute Gasteiger partial charge is 0.326 e. The van der Waals surface area contributed by atoms with Crippen LogP contribution in [-0.4, -0.2) is 18.1 Å². The molecule has 0 radical (unpaired) electrons. The van der Waals surface area contributed by atoms with E-state index in [4.69, 9.17) is 0 Å². The molecule has 0 aliphatic carbocycles. The molecule has 0 unspecified atom stereocenters. The van der Waals surface area contributed by atoms with Gasteiger partial charge in [0.2, 0.25) is 0 Å². The summed E-state index contributed by atoms with van der Waals surface area (Å²) in [6.07, 6.45) is 6.67. The first-order valence-corrected chi connectivity index (χ1v) is 3.56. The van der Waals surface area contributed by atoms with Gasteiger partial charge in [0, 0.05) is 19.3 Å². The minimum absolute atomic E-state index is 1.20. The van der Waals surface area contributed by atoms with Gasteiger partial charge in [-0.15, -0.1) is 0 Å². The SMILES string of the molecule is CC=CNN1CCCC1. The average Bonchev–Trinajstić information content (AvgIpc) is 2.34. The van der Waals surface area contributed by atoms with Crippen molar-refractivity contribution in [2.45, 2.75) is 19.8 Å². The molecule has 0 atom stereocenters. The van der Waals surface area contributed by atoms with Crippen molar-refractivity contribution in [1.29, 1.82) is 0 Å². The van der Waals surface area contributed by atoms with E-state index in [1.54, 1.807) is 0 Å². The topological polar surface area (TPSA) is 15.3 Å². The summed E-state index contributed by atoms with van der Waals surface area (Å²) >= 11 is 0. The predicted molar refractivity (Wildman–Crippen MR) is 38.8 cm³/mol. The van der Waals surface area contributed by atoms with E-state index in [0.717, 1.165) is 0 Å². The van der Waals surface area contributed by atoms with Gasteiger partial charge in [0.1, 0.15) is 0 Å². The smallest absolute Gasteiger partial charge is 0.0179 e. The summed E-state index contributed by atoms with van der Waals surface area (Å²) in [5, 5.41) is 2.24. The molecule has 1 heterocycles. The lowest BCUT2D eigenvalue weighted by Crippen LogP contribution is -2.30. The second-order valence-electron chi connectivity index (χ2n) is 2.32. The van der Waals surface area contributed by atoms with Gasteiger partial charge in [0.25, 0.3) is 0 Å². The van der Waals surface area contributed by atoms with E-state index in [1.807, 2.05) is 19.2 Å². The fraction of sp³-hybridized carbons (Fsp3) is 0.714. The van der Waals surface area contributed by atoms with E-state index in [2.05, 4.69) is 10.4 Å². The summed E-state index contributed by atoms with van der Waals surface area (Å²) in [4.78, 5) is 0. The maximum atomic E-state index is 3.18. The summed E-state index contributed by atoms with van der Waals surface area (Å²) in [7, 11) is 0. The quantitative estimate of drug-likeness (QED) is 0.596. The Kier molecular flexibility index (Phi) is 2.58. The third kappa shape index (κ3) is 2.06.